The number of likely N-dealkylation sites (N-methyl/N-ethyl adjacent to an activating group) is 1. The summed E-state index contributed by atoms with van der Waals surface area (Å²) in [4.78, 5) is 13.8. The number of nitrogens with two attached hydrogens (primary N) is 1. The quantitative estimate of drug-likeness (QED) is 0.800. The largest absolute Gasteiger partial charge is 0.465 e. The Morgan fingerprint density at radius 2 is 2.10 bits per heavy atom. The lowest BCUT2D eigenvalue weighted by Crippen LogP contribution is -2.44. The topological polar surface area (TPSA) is 71.5 Å². The molecular weight excluding hydrogens is 254 g/mol. The third kappa shape index (κ3) is 4.65. The zero-order chi connectivity index (χ0) is 15.3. The summed E-state index contributed by atoms with van der Waals surface area (Å²) in [6, 6.07) is 3.84. The Labute approximate surface area is 121 Å². The zero-order valence-electron chi connectivity index (χ0n) is 13.1. The van der Waals surface area contributed by atoms with Gasteiger partial charge in [-0.3, -0.25) is 9.69 Å². The zero-order valence-corrected chi connectivity index (χ0v) is 13.1. The number of aryl methyl sites for hydroxylation is 1. The molecule has 20 heavy (non-hydrogen) atoms. The molecule has 0 radical (unpaired) electrons. The lowest BCUT2D eigenvalue weighted by atomic mass is 10.0. The number of nitrogens with one attached hydrogen (secondary N) is 1. The molecule has 0 fully saturated rings. The van der Waals surface area contributed by atoms with Gasteiger partial charge in [0.15, 0.2) is 0 Å². The van der Waals surface area contributed by atoms with Crippen molar-refractivity contribution in [3.05, 3.63) is 23.7 Å². The van der Waals surface area contributed by atoms with E-state index >= 15 is 0 Å². The van der Waals surface area contributed by atoms with E-state index in [9.17, 15) is 4.79 Å². The third-order valence-electron chi connectivity index (χ3n) is 3.25. The van der Waals surface area contributed by atoms with E-state index in [1.165, 1.54) is 0 Å². The molecular formula is C15H27N3O2. The van der Waals surface area contributed by atoms with Crippen LogP contribution < -0.4 is 11.1 Å². The molecule has 114 valence electrons. The van der Waals surface area contributed by atoms with Crippen LogP contribution in [0.4, 0.5) is 0 Å². The van der Waals surface area contributed by atoms with Crippen LogP contribution >= 0.6 is 0 Å². The van der Waals surface area contributed by atoms with Crippen molar-refractivity contribution in [3.63, 3.8) is 0 Å². The van der Waals surface area contributed by atoms with Crippen LogP contribution in [-0.4, -0.2) is 36.5 Å². The highest BCUT2D eigenvalue weighted by atomic mass is 16.3. The summed E-state index contributed by atoms with van der Waals surface area (Å²) in [6.45, 7) is 8.14. The maximum atomic E-state index is 11.9. The molecule has 2 atom stereocenters. The van der Waals surface area contributed by atoms with Gasteiger partial charge in [0.25, 0.3) is 0 Å². The Hall–Kier alpha value is -1.33. The highest BCUT2D eigenvalue weighted by Gasteiger charge is 2.27. The molecule has 1 aromatic heterocycles. The minimum absolute atomic E-state index is 0.000851. The second kappa shape index (κ2) is 7.45. The van der Waals surface area contributed by atoms with Crippen molar-refractivity contribution in [1.29, 1.82) is 0 Å². The first kappa shape index (κ1) is 16.7. The van der Waals surface area contributed by atoms with Crippen LogP contribution in [0, 0.1) is 6.92 Å². The normalized spacial score (nSPS) is 14.6. The van der Waals surface area contributed by atoms with Crippen molar-refractivity contribution >= 4 is 5.91 Å². The van der Waals surface area contributed by atoms with Gasteiger partial charge in [-0.2, -0.15) is 0 Å². The number of nitrogens with zero attached hydrogens (tertiary/aromatic N) is 1. The van der Waals surface area contributed by atoms with Crippen LogP contribution in [0.5, 0.6) is 0 Å². The first-order chi connectivity index (χ1) is 9.35. The monoisotopic (exact) mass is 281 g/mol. The second-order valence-corrected chi connectivity index (χ2v) is 5.60. The van der Waals surface area contributed by atoms with E-state index in [-0.39, 0.29) is 24.0 Å². The molecule has 5 nitrogen and oxygen atoms in total. The molecule has 1 amide bonds. The SMILES string of the molecule is CCC(N)C(c1ccc(C)o1)N(C)CC(=O)NC(C)C. The molecule has 3 N–H and O–H groups in total. The maximum absolute atomic E-state index is 11.9. The van der Waals surface area contributed by atoms with Gasteiger partial charge in [-0.1, -0.05) is 6.92 Å². The Kier molecular flexibility index (Phi) is 6.23. The molecule has 0 aromatic carbocycles. The van der Waals surface area contributed by atoms with Crippen LogP contribution in [0.2, 0.25) is 0 Å². The van der Waals surface area contributed by atoms with Crippen LogP contribution in [0.25, 0.3) is 0 Å². The molecule has 0 aliphatic carbocycles. The molecule has 0 saturated heterocycles. The lowest BCUT2D eigenvalue weighted by Gasteiger charge is -2.30. The van der Waals surface area contributed by atoms with E-state index < -0.39 is 0 Å². The van der Waals surface area contributed by atoms with E-state index in [4.69, 9.17) is 10.2 Å². The summed E-state index contributed by atoms with van der Waals surface area (Å²) in [5.74, 6) is 1.67. The Morgan fingerprint density at radius 3 is 2.55 bits per heavy atom. The van der Waals surface area contributed by atoms with Crippen LogP contribution in [0.3, 0.4) is 0 Å². The summed E-state index contributed by atoms with van der Waals surface area (Å²) < 4.78 is 5.70. The molecule has 0 spiro atoms. The molecule has 0 bridgehead atoms. The van der Waals surface area contributed by atoms with Gasteiger partial charge in [0, 0.05) is 12.1 Å². The van der Waals surface area contributed by atoms with Crippen molar-refractivity contribution in [3.8, 4) is 0 Å². The van der Waals surface area contributed by atoms with Crippen molar-refractivity contribution in [2.45, 2.75) is 52.2 Å². The van der Waals surface area contributed by atoms with Crippen molar-refractivity contribution in [1.82, 2.24) is 10.2 Å². The molecule has 2 unspecified atom stereocenters. The van der Waals surface area contributed by atoms with E-state index in [2.05, 4.69) is 5.32 Å². The maximum Gasteiger partial charge on any atom is 0.234 e. The minimum atomic E-state index is -0.0911. The number of carbonyl (C=O) groups is 1. The van der Waals surface area contributed by atoms with Gasteiger partial charge in [0.05, 0.1) is 12.6 Å². The molecule has 5 heteroatoms. The van der Waals surface area contributed by atoms with Crippen molar-refractivity contribution in [2.24, 2.45) is 5.73 Å². The van der Waals surface area contributed by atoms with Crippen LogP contribution in [0.1, 0.15) is 44.8 Å². The van der Waals surface area contributed by atoms with Gasteiger partial charge < -0.3 is 15.5 Å². The summed E-state index contributed by atoms with van der Waals surface area (Å²) in [5, 5.41) is 2.89. The first-order valence-corrected chi connectivity index (χ1v) is 7.16. The molecule has 0 saturated carbocycles. The Morgan fingerprint density at radius 1 is 1.45 bits per heavy atom. The fourth-order valence-corrected chi connectivity index (χ4v) is 2.28. The summed E-state index contributed by atoms with van der Waals surface area (Å²) >= 11 is 0. The molecule has 1 heterocycles. The first-order valence-electron chi connectivity index (χ1n) is 7.16. The Bertz CT molecular complexity index is 429. The third-order valence-corrected chi connectivity index (χ3v) is 3.25. The number of hydrogen-bond donors (Lipinski definition) is 2. The standard InChI is InChI=1S/C15H27N3O2/c1-6-12(16)15(13-8-7-11(4)20-13)18(5)9-14(19)17-10(2)3/h7-8,10,12,15H,6,9,16H2,1-5H3,(H,17,19). The molecule has 1 aromatic rings. The predicted molar refractivity (Wildman–Crippen MR) is 80.4 cm³/mol. The minimum Gasteiger partial charge on any atom is -0.465 e. The van der Waals surface area contributed by atoms with Gasteiger partial charge in [0.2, 0.25) is 5.91 Å². The predicted octanol–water partition coefficient (Wildman–Crippen LogP) is 1.82. The van der Waals surface area contributed by atoms with Gasteiger partial charge in [-0.15, -0.1) is 0 Å². The fraction of sp³-hybridized carbons (Fsp3) is 0.667. The van der Waals surface area contributed by atoms with E-state index in [1.54, 1.807) is 0 Å². The average molecular weight is 281 g/mol. The molecule has 1 rings (SSSR count). The van der Waals surface area contributed by atoms with E-state index in [1.807, 2.05) is 51.8 Å². The summed E-state index contributed by atoms with van der Waals surface area (Å²) in [7, 11) is 1.90. The van der Waals surface area contributed by atoms with Gasteiger partial charge in [-0.05, 0) is 46.4 Å². The van der Waals surface area contributed by atoms with Gasteiger partial charge in [0.1, 0.15) is 11.5 Å². The Balaban J connectivity index is 2.80. The average Bonchev–Trinajstić information content (AvgIpc) is 2.74. The second-order valence-electron chi connectivity index (χ2n) is 5.60. The van der Waals surface area contributed by atoms with Crippen molar-refractivity contribution < 1.29 is 9.21 Å². The van der Waals surface area contributed by atoms with Crippen molar-refractivity contribution in [2.75, 3.05) is 13.6 Å². The number of carbonyl (C=O) groups excluding carboxylic acids is 1. The number of amides is 1. The van der Waals surface area contributed by atoms with E-state index in [0.29, 0.717) is 6.54 Å². The molecule has 0 aliphatic rings. The molecule has 0 aliphatic heterocycles. The highest BCUT2D eigenvalue weighted by Crippen LogP contribution is 2.25. The van der Waals surface area contributed by atoms with E-state index in [0.717, 1.165) is 17.9 Å². The fourth-order valence-electron chi connectivity index (χ4n) is 2.28. The number of rotatable bonds is 7. The van der Waals surface area contributed by atoms with Crippen LogP contribution in [-0.2, 0) is 4.79 Å². The van der Waals surface area contributed by atoms with Gasteiger partial charge >= 0.3 is 0 Å². The van der Waals surface area contributed by atoms with Crippen LogP contribution in [0.15, 0.2) is 16.5 Å². The number of hydrogen-bond acceptors (Lipinski definition) is 4. The number of furan rings is 1. The summed E-state index contributed by atoms with van der Waals surface area (Å²) in [6.07, 6.45) is 0.820. The lowest BCUT2D eigenvalue weighted by molar-refractivity contribution is -0.123. The smallest absolute Gasteiger partial charge is 0.234 e. The highest BCUT2D eigenvalue weighted by molar-refractivity contribution is 5.78. The van der Waals surface area contributed by atoms with Gasteiger partial charge in [-0.25, -0.2) is 0 Å². The summed E-state index contributed by atoms with van der Waals surface area (Å²) in [5.41, 5.74) is 6.20.